The summed E-state index contributed by atoms with van der Waals surface area (Å²) in [6, 6.07) is 0. The van der Waals surface area contributed by atoms with Crippen LogP contribution in [0.2, 0.25) is 0 Å². The molecule has 1 aliphatic heterocycles. The Hall–Kier alpha value is -0.0100. The Bertz CT molecular complexity index is 155. The van der Waals surface area contributed by atoms with Gasteiger partial charge < -0.3 is 5.32 Å². The van der Waals surface area contributed by atoms with E-state index in [9.17, 15) is 0 Å². The molecule has 0 spiro atoms. The molecule has 9 heavy (non-hydrogen) atoms. The van der Waals surface area contributed by atoms with E-state index >= 15 is 0 Å². The quantitative estimate of drug-likeness (QED) is 0.586. The molecule has 0 bridgehead atoms. The zero-order valence-corrected chi connectivity index (χ0v) is 7.14. The van der Waals surface area contributed by atoms with Gasteiger partial charge in [0.1, 0.15) is 0 Å². The minimum absolute atomic E-state index is 0.193. The summed E-state index contributed by atoms with van der Waals surface area (Å²) in [6.07, 6.45) is 3.84. The van der Waals surface area contributed by atoms with Crippen LogP contribution in [0.25, 0.3) is 0 Å². The van der Waals surface area contributed by atoms with Crippen molar-refractivity contribution in [2.45, 2.75) is 12.4 Å². The fourth-order valence-electron chi connectivity index (χ4n) is 0.543. The summed E-state index contributed by atoms with van der Waals surface area (Å²) >= 11 is 1.61. The lowest BCUT2D eigenvalue weighted by Gasteiger charge is -2.13. The van der Waals surface area contributed by atoms with Gasteiger partial charge in [0.2, 0.25) is 0 Å². The van der Waals surface area contributed by atoms with Crippen LogP contribution < -0.4 is 5.32 Å². The average molecular weight is 160 g/mol. The first-order chi connectivity index (χ1) is 4.33. The molecule has 0 aliphatic carbocycles. The normalized spacial score (nSPS) is 25.1. The van der Waals surface area contributed by atoms with Crippen LogP contribution in [-0.2, 0) is 0 Å². The molecule has 1 N–H and O–H groups in total. The van der Waals surface area contributed by atoms with E-state index in [0.717, 1.165) is 0 Å². The van der Waals surface area contributed by atoms with Crippen molar-refractivity contribution in [3.63, 3.8) is 0 Å². The van der Waals surface area contributed by atoms with E-state index in [-0.39, 0.29) is 5.50 Å². The first-order valence-corrected chi connectivity index (χ1v) is 5.00. The molecule has 0 aromatic rings. The maximum absolute atomic E-state index is 4.17. The van der Waals surface area contributed by atoms with Crippen LogP contribution in [-0.4, -0.2) is 11.7 Å². The van der Waals surface area contributed by atoms with Crippen LogP contribution in [0.5, 0.6) is 0 Å². The number of nitrogens with zero attached hydrogens (tertiary/aromatic N) is 1. The summed E-state index contributed by atoms with van der Waals surface area (Å²) in [7, 11) is 2.57. The molecular formula is C5H9N2PS. The van der Waals surface area contributed by atoms with Gasteiger partial charge in [-0.15, -0.1) is 0 Å². The summed E-state index contributed by atoms with van der Waals surface area (Å²) < 4.78 is 0. The third kappa shape index (κ3) is 1.99. The smallest absolute Gasteiger partial charge is 0.169 e. The van der Waals surface area contributed by atoms with Gasteiger partial charge in [-0.25, -0.2) is 0 Å². The molecule has 0 aromatic carbocycles. The molecule has 50 valence electrons. The lowest BCUT2D eigenvalue weighted by Crippen LogP contribution is -2.20. The van der Waals surface area contributed by atoms with Gasteiger partial charge in [-0.3, -0.25) is 4.99 Å². The van der Waals surface area contributed by atoms with Crippen molar-refractivity contribution in [3.05, 3.63) is 11.8 Å². The van der Waals surface area contributed by atoms with E-state index in [1.165, 1.54) is 5.57 Å². The second-order valence-corrected chi connectivity index (χ2v) is 3.36. The van der Waals surface area contributed by atoms with Crippen LogP contribution in [0.15, 0.2) is 16.8 Å². The number of allylic oxidation sites excluding steroid dienone is 1. The molecule has 0 saturated heterocycles. The molecule has 0 amide bonds. The van der Waals surface area contributed by atoms with Gasteiger partial charge in [-0.05, 0) is 12.5 Å². The van der Waals surface area contributed by atoms with E-state index in [2.05, 4.69) is 18.8 Å². The Balaban J connectivity index is 2.48. The van der Waals surface area contributed by atoms with Gasteiger partial charge in [-0.2, -0.15) is 0 Å². The van der Waals surface area contributed by atoms with E-state index < -0.39 is 0 Å². The third-order valence-electron chi connectivity index (χ3n) is 0.996. The summed E-state index contributed by atoms with van der Waals surface area (Å²) in [5.41, 5.74) is 1.36. The minimum atomic E-state index is 0.193. The molecule has 2 atom stereocenters. The van der Waals surface area contributed by atoms with E-state index in [1.54, 1.807) is 11.4 Å². The highest BCUT2D eigenvalue weighted by Gasteiger charge is 2.02. The average Bonchev–Trinajstić information content (AvgIpc) is 1.90. The summed E-state index contributed by atoms with van der Waals surface area (Å²) in [6.45, 7) is 2.01. The van der Waals surface area contributed by atoms with Crippen molar-refractivity contribution in [1.29, 1.82) is 0 Å². The van der Waals surface area contributed by atoms with Gasteiger partial charge >= 0.3 is 0 Å². The number of hydrogen-bond donors (Lipinski definition) is 1. The number of rotatable bonds is 1. The van der Waals surface area contributed by atoms with Crippen LogP contribution in [0, 0.1) is 0 Å². The van der Waals surface area contributed by atoms with E-state index in [0.29, 0.717) is 0 Å². The first-order valence-electron chi connectivity index (χ1n) is 2.64. The minimum Gasteiger partial charge on any atom is -0.361 e. The molecule has 2 nitrogen and oxygen atoms in total. The summed E-state index contributed by atoms with van der Waals surface area (Å²) in [4.78, 5) is 4.17. The molecular weight excluding hydrogens is 151 g/mol. The van der Waals surface area contributed by atoms with Gasteiger partial charge in [0, 0.05) is 12.4 Å². The van der Waals surface area contributed by atoms with Crippen molar-refractivity contribution in [3.8, 4) is 0 Å². The van der Waals surface area contributed by atoms with Crippen LogP contribution >= 0.6 is 19.8 Å². The molecule has 1 rings (SSSR count). The number of hydrogen-bond acceptors (Lipinski definition) is 3. The van der Waals surface area contributed by atoms with Gasteiger partial charge in [0.25, 0.3) is 0 Å². The van der Waals surface area contributed by atoms with Gasteiger partial charge in [-0.1, -0.05) is 19.8 Å². The fraction of sp³-hybridized carbons (Fsp3) is 0.400. The predicted molar refractivity (Wildman–Crippen MR) is 46.5 cm³/mol. The highest BCUT2D eigenvalue weighted by atomic mass is 32.7. The Kier molecular flexibility index (Phi) is 2.55. The second-order valence-electron chi connectivity index (χ2n) is 1.82. The van der Waals surface area contributed by atoms with Crippen molar-refractivity contribution in [2.75, 3.05) is 0 Å². The largest absolute Gasteiger partial charge is 0.361 e. The van der Waals surface area contributed by atoms with Crippen molar-refractivity contribution >= 4 is 26.0 Å². The molecule has 1 unspecified atom stereocenters. The molecule has 0 radical (unpaired) electrons. The summed E-state index contributed by atoms with van der Waals surface area (Å²) in [5, 5.41) is 3.10. The van der Waals surface area contributed by atoms with Crippen molar-refractivity contribution in [2.24, 2.45) is 4.99 Å². The third-order valence-corrected chi connectivity index (χ3v) is 2.29. The standard InChI is InChI=1S/C5H9N2PS/c1-4-2-6-5(9-8)7-3-4/h2-3,5-6H,8H2,1H3/t5-/m1/s1. The van der Waals surface area contributed by atoms with Crippen LogP contribution in [0.4, 0.5) is 0 Å². The fourth-order valence-corrected chi connectivity index (χ4v) is 1.27. The van der Waals surface area contributed by atoms with E-state index in [4.69, 9.17) is 0 Å². The Labute approximate surface area is 61.2 Å². The summed E-state index contributed by atoms with van der Waals surface area (Å²) in [5.74, 6) is 0. The lowest BCUT2D eigenvalue weighted by atomic mass is 10.3. The van der Waals surface area contributed by atoms with Crippen LogP contribution in [0.3, 0.4) is 0 Å². The predicted octanol–water partition coefficient (Wildman–Crippen LogP) is 1.37. The number of nitrogens with one attached hydrogen (secondary N) is 1. The monoisotopic (exact) mass is 160 g/mol. The topological polar surface area (TPSA) is 24.4 Å². The zero-order valence-electron chi connectivity index (χ0n) is 5.16. The number of aliphatic imine (C=N–C) groups is 1. The Morgan fingerprint density at radius 2 is 2.67 bits per heavy atom. The highest BCUT2D eigenvalue weighted by Crippen LogP contribution is 2.18. The molecule has 0 saturated carbocycles. The van der Waals surface area contributed by atoms with E-state index in [1.807, 2.05) is 19.3 Å². The lowest BCUT2D eigenvalue weighted by molar-refractivity contribution is 0.813. The molecule has 0 aromatic heterocycles. The Morgan fingerprint density at radius 1 is 1.89 bits per heavy atom. The Morgan fingerprint density at radius 3 is 3.11 bits per heavy atom. The van der Waals surface area contributed by atoms with Gasteiger partial charge in [0.15, 0.2) is 5.50 Å². The SMILES string of the molecule is CC1=CN[C@@H](SP)N=C1. The van der Waals surface area contributed by atoms with Crippen LogP contribution in [0.1, 0.15) is 6.92 Å². The van der Waals surface area contributed by atoms with Crippen molar-refractivity contribution in [1.82, 2.24) is 5.32 Å². The zero-order chi connectivity index (χ0) is 6.69. The first kappa shape index (κ1) is 7.10. The second kappa shape index (κ2) is 3.23. The molecule has 1 heterocycles. The molecule has 0 fully saturated rings. The van der Waals surface area contributed by atoms with Crippen molar-refractivity contribution < 1.29 is 0 Å². The maximum Gasteiger partial charge on any atom is 0.169 e. The molecule has 4 heteroatoms. The maximum atomic E-state index is 4.17. The van der Waals surface area contributed by atoms with Gasteiger partial charge in [0.05, 0.1) is 0 Å². The highest BCUT2D eigenvalue weighted by molar-refractivity contribution is 8.44. The molecule has 1 aliphatic rings.